The van der Waals surface area contributed by atoms with Gasteiger partial charge in [0.05, 0.1) is 6.54 Å². The Bertz CT molecular complexity index is 995. The van der Waals surface area contributed by atoms with E-state index in [0.717, 1.165) is 22.2 Å². The van der Waals surface area contributed by atoms with Gasteiger partial charge >= 0.3 is 0 Å². The molecule has 4 N–H and O–H groups in total. The fourth-order valence-electron chi connectivity index (χ4n) is 3.67. The van der Waals surface area contributed by atoms with Crippen LogP contribution in [-0.2, 0) is 6.54 Å². The van der Waals surface area contributed by atoms with Crippen molar-refractivity contribution in [2.75, 3.05) is 13.1 Å². The quantitative estimate of drug-likeness (QED) is 0.621. The third-order valence-corrected chi connectivity index (χ3v) is 5.24. The first kappa shape index (κ1) is 17.2. The van der Waals surface area contributed by atoms with E-state index >= 15 is 0 Å². The molecule has 134 valence electrons. The Kier molecular flexibility index (Phi) is 4.31. The van der Waals surface area contributed by atoms with Gasteiger partial charge in [0.2, 0.25) is 0 Å². The minimum absolute atomic E-state index is 0.00250. The lowest BCUT2D eigenvalue weighted by molar-refractivity contribution is 0.0717. The summed E-state index contributed by atoms with van der Waals surface area (Å²) in [5.41, 5.74) is 9.43. The molecule has 0 saturated heterocycles. The molecule has 1 aromatic heterocycles. The number of nitrogens with zero attached hydrogens (tertiary/aromatic N) is 1. The number of amides is 1. The molecule has 0 fully saturated rings. The number of carbonyl (C=O) groups is 1. The van der Waals surface area contributed by atoms with E-state index in [9.17, 15) is 9.90 Å². The predicted molar refractivity (Wildman–Crippen MR) is 103 cm³/mol. The average molecular weight is 390 g/mol. The van der Waals surface area contributed by atoms with Crippen molar-refractivity contribution in [3.63, 3.8) is 0 Å². The Morgan fingerprint density at radius 2 is 2.04 bits per heavy atom. The second kappa shape index (κ2) is 6.50. The Morgan fingerprint density at radius 1 is 1.23 bits per heavy atom. The SMILES string of the molecule is NCC1CN(C(=O)c2cc(O)cc(Cl)c2)Cc2[nH]c3ccc(Cl)cc3c21. The number of nitrogens with one attached hydrogen (secondary N) is 1. The number of halogens is 2. The number of hydrogen-bond acceptors (Lipinski definition) is 3. The van der Waals surface area contributed by atoms with Gasteiger partial charge in [-0.05, 0) is 42.0 Å². The normalized spacial score (nSPS) is 16.7. The standard InChI is InChI=1S/C19H17Cl2N3O2/c20-12-1-2-16-15(6-12)18-11(7-22)8-24(9-17(18)23-16)19(26)10-3-13(21)5-14(25)4-10/h1-6,11,23,25H,7-9,22H2. The third kappa shape index (κ3) is 2.92. The smallest absolute Gasteiger partial charge is 0.254 e. The zero-order chi connectivity index (χ0) is 18.4. The summed E-state index contributed by atoms with van der Waals surface area (Å²) in [6.45, 7) is 1.34. The number of phenolic OH excluding ortho intramolecular Hbond substituents is 1. The van der Waals surface area contributed by atoms with Crippen molar-refractivity contribution < 1.29 is 9.90 Å². The van der Waals surface area contributed by atoms with Crippen molar-refractivity contribution >= 4 is 40.0 Å². The number of fused-ring (bicyclic) bond motifs is 3. The van der Waals surface area contributed by atoms with E-state index in [1.165, 1.54) is 12.1 Å². The fourth-order valence-corrected chi connectivity index (χ4v) is 4.07. The maximum atomic E-state index is 12.9. The van der Waals surface area contributed by atoms with Gasteiger partial charge in [-0.25, -0.2) is 0 Å². The lowest BCUT2D eigenvalue weighted by atomic mass is 9.91. The molecule has 1 aliphatic heterocycles. The van der Waals surface area contributed by atoms with Crippen LogP contribution >= 0.6 is 23.2 Å². The van der Waals surface area contributed by atoms with Crippen LogP contribution in [0.3, 0.4) is 0 Å². The largest absolute Gasteiger partial charge is 0.508 e. The molecule has 0 saturated carbocycles. The first-order valence-electron chi connectivity index (χ1n) is 8.25. The van der Waals surface area contributed by atoms with Crippen molar-refractivity contribution in [2.45, 2.75) is 12.5 Å². The summed E-state index contributed by atoms with van der Waals surface area (Å²) < 4.78 is 0. The molecule has 1 atom stereocenters. The van der Waals surface area contributed by atoms with Gasteiger partial charge in [0.25, 0.3) is 5.91 Å². The second-order valence-electron chi connectivity index (χ2n) is 6.52. The highest BCUT2D eigenvalue weighted by molar-refractivity contribution is 6.31. The summed E-state index contributed by atoms with van der Waals surface area (Å²) in [5.74, 6) is -0.222. The monoisotopic (exact) mass is 389 g/mol. The molecule has 1 aliphatic rings. The molecule has 2 heterocycles. The Morgan fingerprint density at radius 3 is 2.77 bits per heavy atom. The van der Waals surface area contributed by atoms with Crippen molar-refractivity contribution in [2.24, 2.45) is 5.73 Å². The van der Waals surface area contributed by atoms with E-state index < -0.39 is 0 Å². The number of benzene rings is 2. The molecular formula is C19H17Cl2N3O2. The summed E-state index contributed by atoms with van der Waals surface area (Å²) in [5, 5.41) is 11.8. The number of aromatic amines is 1. The van der Waals surface area contributed by atoms with Gasteiger partial charge in [-0.3, -0.25) is 4.79 Å². The van der Waals surface area contributed by atoms with Gasteiger partial charge in [0, 0.05) is 51.2 Å². The summed E-state index contributed by atoms with van der Waals surface area (Å²) in [4.78, 5) is 18.0. The number of rotatable bonds is 2. The van der Waals surface area contributed by atoms with Crippen molar-refractivity contribution in [1.82, 2.24) is 9.88 Å². The Labute approximate surface area is 160 Å². The maximum Gasteiger partial charge on any atom is 0.254 e. The summed E-state index contributed by atoms with van der Waals surface area (Å²) in [7, 11) is 0. The zero-order valence-electron chi connectivity index (χ0n) is 13.8. The van der Waals surface area contributed by atoms with E-state index in [2.05, 4.69) is 4.98 Å². The van der Waals surface area contributed by atoms with Gasteiger partial charge in [0.1, 0.15) is 5.75 Å². The summed E-state index contributed by atoms with van der Waals surface area (Å²) in [6, 6.07) is 10.1. The molecule has 1 unspecified atom stereocenters. The van der Waals surface area contributed by atoms with Crippen molar-refractivity contribution in [3.8, 4) is 5.75 Å². The maximum absolute atomic E-state index is 12.9. The van der Waals surface area contributed by atoms with Crippen LogP contribution < -0.4 is 5.73 Å². The number of nitrogens with two attached hydrogens (primary N) is 1. The van der Waals surface area contributed by atoms with Crippen molar-refractivity contribution in [1.29, 1.82) is 0 Å². The van der Waals surface area contributed by atoms with Crippen LogP contribution in [0.5, 0.6) is 5.75 Å². The van der Waals surface area contributed by atoms with Crippen LogP contribution in [0.4, 0.5) is 0 Å². The second-order valence-corrected chi connectivity index (χ2v) is 7.40. The number of aromatic hydroxyl groups is 1. The van der Waals surface area contributed by atoms with Crippen LogP contribution in [0, 0.1) is 0 Å². The topological polar surface area (TPSA) is 82.3 Å². The molecule has 3 aromatic rings. The average Bonchev–Trinajstić information content (AvgIpc) is 2.97. The number of phenols is 1. The Hall–Kier alpha value is -2.21. The van der Waals surface area contributed by atoms with Gasteiger partial charge in [0.15, 0.2) is 0 Å². The molecule has 2 aromatic carbocycles. The number of carbonyl (C=O) groups excluding carboxylic acids is 1. The van der Waals surface area contributed by atoms with Gasteiger partial charge in [-0.2, -0.15) is 0 Å². The van der Waals surface area contributed by atoms with Gasteiger partial charge in [-0.1, -0.05) is 23.2 Å². The van der Waals surface area contributed by atoms with Crippen molar-refractivity contribution in [3.05, 3.63) is 63.3 Å². The van der Waals surface area contributed by atoms with E-state index in [1.54, 1.807) is 11.0 Å². The first-order chi connectivity index (χ1) is 12.5. The van der Waals surface area contributed by atoms with Gasteiger partial charge < -0.3 is 20.7 Å². The predicted octanol–water partition coefficient (Wildman–Crippen LogP) is 3.88. The van der Waals surface area contributed by atoms with Crippen LogP contribution in [0.25, 0.3) is 10.9 Å². The van der Waals surface area contributed by atoms with E-state index in [4.69, 9.17) is 28.9 Å². The highest BCUT2D eigenvalue weighted by atomic mass is 35.5. The molecule has 5 nitrogen and oxygen atoms in total. The lowest BCUT2D eigenvalue weighted by Gasteiger charge is -2.32. The van der Waals surface area contributed by atoms with Crippen LogP contribution in [0.15, 0.2) is 36.4 Å². The molecule has 0 radical (unpaired) electrons. The molecule has 26 heavy (non-hydrogen) atoms. The molecule has 1 amide bonds. The minimum atomic E-state index is -0.191. The third-order valence-electron chi connectivity index (χ3n) is 4.78. The molecular weight excluding hydrogens is 373 g/mol. The number of H-pyrrole nitrogens is 1. The Balaban J connectivity index is 1.74. The molecule has 7 heteroatoms. The van der Waals surface area contributed by atoms with E-state index in [1.807, 2.05) is 18.2 Å². The van der Waals surface area contributed by atoms with E-state index in [0.29, 0.717) is 35.2 Å². The molecule has 0 bridgehead atoms. The highest BCUT2D eigenvalue weighted by Gasteiger charge is 2.31. The molecule has 4 rings (SSSR count). The zero-order valence-corrected chi connectivity index (χ0v) is 15.3. The summed E-state index contributed by atoms with van der Waals surface area (Å²) in [6.07, 6.45) is 0. The van der Waals surface area contributed by atoms with Crippen LogP contribution in [0.2, 0.25) is 10.0 Å². The first-order valence-corrected chi connectivity index (χ1v) is 9.00. The summed E-state index contributed by atoms with van der Waals surface area (Å²) >= 11 is 12.1. The molecule has 0 aliphatic carbocycles. The van der Waals surface area contributed by atoms with Crippen LogP contribution in [0.1, 0.15) is 27.5 Å². The fraction of sp³-hybridized carbons (Fsp3) is 0.211. The lowest BCUT2D eigenvalue weighted by Crippen LogP contribution is -2.40. The van der Waals surface area contributed by atoms with E-state index in [-0.39, 0.29) is 17.6 Å². The number of hydrogen-bond donors (Lipinski definition) is 3. The molecule has 0 spiro atoms. The van der Waals surface area contributed by atoms with Crippen LogP contribution in [-0.4, -0.2) is 34.0 Å². The van der Waals surface area contributed by atoms with Gasteiger partial charge in [-0.15, -0.1) is 0 Å². The minimum Gasteiger partial charge on any atom is -0.508 e. The highest BCUT2D eigenvalue weighted by Crippen LogP contribution is 2.36. The number of aromatic nitrogens is 1.